The van der Waals surface area contributed by atoms with E-state index in [0.717, 1.165) is 21.7 Å². The predicted octanol–water partition coefficient (Wildman–Crippen LogP) is 1.60. The largest absolute Gasteiger partial charge is 0.494 e. The van der Waals surface area contributed by atoms with Gasteiger partial charge in [0.15, 0.2) is 5.88 Å². The second-order valence-corrected chi connectivity index (χ2v) is 11.4. The molecule has 1 fully saturated rings. The van der Waals surface area contributed by atoms with E-state index in [2.05, 4.69) is 9.98 Å². The lowest BCUT2D eigenvalue weighted by Gasteiger charge is -2.00. The van der Waals surface area contributed by atoms with Crippen molar-refractivity contribution >= 4 is 37.7 Å². The van der Waals surface area contributed by atoms with Gasteiger partial charge < -0.3 is 15.2 Å². The van der Waals surface area contributed by atoms with E-state index in [0.29, 0.717) is 28.8 Å². The molecule has 1 saturated heterocycles. The molecule has 5 rings (SSSR count). The molecule has 1 aromatic heterocycles. The number of aromatic nitrogens is 1. The molecule has 12 nitrogen and oxygen atoms in total. The van der Waals surface area contributed by atoms with Gasteiger partial charge in [-0.05, 0) is 5.56 Å². The van der Waals surface area contributed by atoms with Gasteiger partial charge in [-0.25, -0.2) is 13.4 Å². The third-order valence-corrected chi connectivity index (χ3v) is 6.29. The number of hydrogen-bond donors (Lipinski definition) is 4. The van der Waals surface area contributed by atoms with Crippen molar-refractivity contribution in [2.75, 3.05) is 19.1 Å². The van der Waals surface area contributed by atoms with Crippen LogP contribution in [0, 0.1) is 0 Å². The number of sulfonamides is 1. The number of rotatable bonds is 4. The van der Waals surface area contributed by atoms with Crippen LogP contribution in [0.15, 0.2) is 65.7 Å². The highest BCUT2D eigenvalue weighted by Gasteiger charge is 2.47. The number of carbonyl (C=O) groups is 2. The van der Waals surface area contributed by atoms with E-state index in [1.54, 1.807) is 0 Å². The summed E-state index contributed by atoms with van der Waals surface area (Å²) >= 11 is 0. The number of nitrogens with one attached hydrogen (secondary N) is 1. The predicted molar refractivity (Wildman–Crippen MR) is 135 cm³/mol. The molecule has 37 heavy (non-hydrogen) atoms. The topological polar surface area (TPSA) is 194 Å². The molecule has 14 heteroatoms. The quantitative estimate of drug-likeness (QED) is 0.276. The minimum absolute atomic E-state index is 0.0256. The van der Waals surface area contributed by atoms with Gasteiger partial charge in [0.1, 0.15) is 6.04 Å². The van der Waals surface area contributed by atoms with Crippen LogP contribution in [0.5, 0.6) is 5.88 Å². The Morgan fingerprint density at radius 1 is 0.946 bits per heavy atom. The van der Waals surface area contributed by atoms with Gasteiger partial charge in [0.25, 0.3) is 16.0 Å². The number of amides is 1. The Balaban J connectivity index is 0.000000211. The van der Waals surface area contributed by atoms with Crippen LogP contribution in [0.3, 0.4) is 0 Å². The minimum Gasteiger partial charge on any atom is -0.494 e. The van der Waals surface area contributed by atoms with Gasteiger partial charge in [-0.2, -0.15) is 12.7 Å². The molecule has 4 N–H and O–H groups in total. The number of aliphatic imine (C=N–C) groups is 1. The van der Waals surface area contributed by atoms with Crippen LogP contribution >= 0.6 is 0 Å². The molecule has 2 unspecified atom stereocenters. The van der Waals surface area contributed by atoms with Crippen LogP contribution in [0.25, 0.3) is 11.3 Å². The van der Waals surface area contributed by atoms with Crippen molar-refractivity contribution in [3.63, 3.8) is 0 Å². The first-order chi connectivity index (χ1) is 17.2. The minimum atomic E-state index is -3.67. The van der Waals surface area contributed by atoms with E-state index in [9.17, 15) is 31.5 Å². The van der Waals surface area contributed by atoms with Crippen molar-refractivity contribution in [3.05, 3.63) is 77.4 Å². The van der Waals surface area contributed by atoms with Gasteiger partial charge in [0.05, 0.1) is 35.0 Å². The Bertz CT molecular complexity index is 1560. The number of H-pyrrole nitrogens is 1. The van der Waals surface area contributed by atoms with Gasteiger partial charge in [-0.15, -0.1) is 0 Å². The molecule has 196 valence electrons. The fraction of sp³-hybridized carbons (Fsp3) is 0.174. The third-order valence-electron chi connectivity index (χ3n) is 5.03. The van der Waals surface area contributed by atoms with Crippen molar-refractivity contribution in [3.8, 4) is 17.1 Å². The maximum absolute atomic E-state index is 12.3. The maximum Gasteiger partial charge on any atom is 0.323 e. The Labute approximate surface area is 212 Å². The molecule has 3 heterocycles. The monoisotopic (exact) mass is 549 g/mol. The number of fused-ring (bicyclic) bond motifs is 1. The smallest absolute Gasteiger partial charge is 0.323 e. The first-order valence-electron chi connectivity index (χ1n) is 10.5. The SMILES string of the molecule is CS(=O)(=O)N1CC1C(=O)O.CS(=O)(=O)O.O=C1N=C(c2ccccc2)c2c(O)[nH]c(-c3ccccc3)c21. The maximum atomic E-state index is 12.3. The molecule has 2 aliphatic rings. The number of aromatic hydroxyl groups is 1. The molecule has 2 atom stereocenters. The number of hydrogen-bond acceptors (Lipinski definition) is 7. The van der Waals surface area contributed by atoms with Crippen molar-refractivity contribution in [1.82, 2.24) is 9.29 Å². The average Bonchev–Trinajstić information content (AvgIpc) is 3.48. The van der Waals surface area contributed by atoms with Gasteiger partial charge in [0.2, 0.25) is 10.0 Å². The summed E-state index contributed by atoms with van der Waals surface area (Å²) in [6.45, 7) is 0.119. The lowest BCUT2D eigenvalue weighted by molar-refractivity contribution is -0.136. The van der Waals surface area contributed by atoms with Gasteiger partial charge in [0, 0.05) is 12.1 Å². The summed E-state index contributed by atoms with van der Waals surface area (Å²) in [5, 5.41) is 18.6. The second kappa shape index (κ2) is 10.6. The number of aromatic amines is 1. The standard InChI is InChI=1S/C18H12N2O2.C4H7NO4S.CH4O3S/c21-17-13-14(16(20-17)12-9-5-2-6-10-12)18(22)19-15(13)11-7-3-1-4-8-11;1-10(8,9)5-2-3(5)4(6)7;1-5(2,3)4/h1-10,19,22H;3H,2H2,1H3,(H,6,7);1H3,(H,2,3,4). The highest BCUT2D eigenvalue weighted by atomic mass is 32.2. The molecule has 0 saturated carbocycles. The van der Waals surface area contributed by atoms with E-state index in [-0.39, 0.29) is 18.3 Å². The Morgan fingerprint density at radius 3 is 1.84 bits per heavy atom. The molecule has 0 spiro atoms. The average molecular weight is 550 g/mol. The summed E-state index contributed by atoms with van der Waals surface area (Å²) in [5.74, 6) is -1.43. The molecule has 1 amide bonds. The van der Waals surface area contributed by atoms with Gasteiger partial charge >= 0.3 is 5.97 Å². The fourth-order valence-corrected chi connectivity index (χ4v) is 4.43. The molecule has 0 radical (unpaired) electrons. The zero-order valence-electron chi connectivity index (χ0n) is 19.6. The van der Waals surface area contributed by atoms with Crippen LogP contribution in [-0.2, 0) is 24.9 Å². The van der Waals surface area contributed by atoms with Gasteiger partial charge in [-0.1, -0.05) is 60.7 Å². The van der Waals surface area contributed by atoms with Crippen molar-refractivity contribution in [1.29, 1.82) is 0 Å². The zero-order chi connectivity index (χ0) is 27.5. The number of carbonyl (C=O) groups excluding carboxylic acids is 1. The zero-order valence-corrected chi connectivity index (χ0v) is 21.2. The Morgan fingerprint density at radius 2 is 1.43 bits per heavy atom. The van der Waals surface area contributed by atoms with E-state index < -0.39 is 32.2 Å². The Kier molecular flexibility index (Phi) is 7.97. The molecule has 2 aromatic carbocycles. The van der Waals surface area contributed by atoms with Crippen LogP contribution < -0.4 is 0 Å². The molecule has 3 aromatic rings. The molecule has 0 aliphatic carbocycles. The van der Waals surface area contributed by atoms with E-state index >= 15 is 0 Å². The summed E-state index contributed by atoms with van der Waals surface area (Å²) in [5.41, 5.74) is 3.68. The molecular weight excluding hydrogens is 526 g/mol. The van der Waals surface area contributed by atoms with Crippen molar-refractivity contribution in [2.45, 2.75) is 6.04 Å². The first kappa shape index (κ1) is 27.7. The lowest BCUT2D eigenvalue weighted by atomic mass is 10.0. The van der Waals surface area contributed by atoms with Crippen molar-refractivity contribution < 1.29 is 41.2 Å². The fourth-order valence-electron chi connectivity index (χ4n) is 3.46. The van der Waals surface area contributed by atoms with E-state index in [1.165, 1.54) is 0 Å². The number of carboxylic acids is 1. The summed E-state index contributed by atoms with van der Waals surface area (Å²) in [6.07, 6.45) is 1.71. The summed E-state index contributed by atoms with van der Waals surface area (Å²) in [4.78, 5) is 29.5. The molecule has 0 bridgehead atoms. The first-order valence-corrected chi connectivity index (χ1v) is 14.2. The lowest BCUT2D eigenvalue weighted by Crippen LogP contribution is -2.17. The number of benzene rings is 2. The normalized spacial score (nSPS) is 17.9. The van der Waals surface area contributed by atoms with Crippen LogP contribution in [0.4, 0.5) is 0 Å². The highest BCUT2D eigenvalue weighted by Crippen LogP contribution is 2.37. The number of carboxylic acid groups (broad SMARTS) is 1. The molecule has 2 aliphatic heterocycles. The van der Waals surface area contributed by atoms with Crippen LogP contribution in [0.1, 0.15) is 21.5 Å². The summed E-state index contributed by atoms with van der Waals surface area (Å²) in [6, 6.07) is 18.0. The van der Waals surface area contributed by atoms with Crippen LogP contribution in [-0.4, -0.2) is 83.6 Å². The number of aliphatic carboxylic acids is 1. The number of nitrogens with zero attached hydrogens (tertiary/aromatic N) is 2. The highest BCUT2D eigenvalue weighted by molar-refractivity contribution is 7.88. The van der Waals surface area contributed by atoms with E-state index in [4.69, 9.17) is 9.66 Å². The molecular formula is C23H23N3O9S2. The van der Waals surface area contributed by atoms with Gasteiger partial charge in [-0.3, -0.25) is 14.1 Å². The Hall–Kier alpha value is -3.85. The van der Waals surface area contributed by atoms with Crippen molar-refractivity contribution in [2.24, 2.45) is 4.99 Å². The second-order valence-electron chi connectivity index (χ2n) is 8.02. The van der Waals surface area contributed by atoms with Crippen LogP contribution in [0.2, 0.25) is 0 Å². The summed E-state index contributed by atoms with van der Waals surface area (Å²) in [7, 11) is -6.94. The summed E-state index contributed by atoms with van der Waals surface area (Å²) < 4.78 is 47.9. The van der Waals surface area contributed by atoms with E-state index in [1.807, 2.05) is 60.7 Å². The third kappa shape index (κ3) is 7.10.